The Morgan fingerprint density at radius 2 is 1.91 bits per heavy atom. The van der Waals surface area contributed by atoms with Gasteiger partial charge in [-0.1, -0.05) is 29.3 Å². The summed E-state index contributed by atoms with van der Waals surface area (Å²) in [6.07, 6.45) is 4.85. The molecule has 0 aliphatic heterocycles. The second-order valence-electron chi connectivity index (χ2n) is 7.30. The number of aryl methyl sites for hydroxylation is 2. The first-order valence-electron chi connectivity index (χ1n) is 10.1. The molecule has 3 heterocycles. The zero-order chi connectivity index (χ0) is 24.2. The van der Waals surface area contributed by atoms with Crippen LogP contribution in [0.15, 0.2) is 53.3 Å². The molecule has 10 nitrogen and oxygen atoms in total. The van der Waals surface area contributed by atoms with Crippen molar-refractivity contribution < 1.29 is 18.7 Å². The number of halogens is 2. The third kappa shape index (κ3) is 5.24. The van der Waals surface area contributed by atoms with Gasteiger partial charge in [0.05, 0.1) is 23.1 Å². The molecule has 0 saturated heterocycles. The number of hydrogen-bond donors (Lipinski definition) is 2. The quantitative estimate of drug-likeness (QED) is 0.378. The van der Waals surface area contributed by atoms with Gasteiger partial charge in [-0.2, -0.15) is 10.2 Å². The minimum atomic E-state index is -0.540. The van der Waals surface area contributed by atoms with E-state index < -0.39 is 11.8 Å². The van der Waals surface area contributed by atoms with Crippen molar-refractivity contribution in [1.29, 1.82) is 0 Å². The maximum atomic E-state index is 12.7. The van der Waals surface area contributed by atoms with Crippen molar-refractivity contribution in [2.45, 2.75) is 13.2 Å². The Kier molecular flexibility index (Phi) is 6.90. The van der Waals surface area contributed by atoms with Crippen molar-refractivity contribution in [3.63, 3.8) is 0 Å². The lowest BCUT2D eigenvalue weighted by Crippen LogP contribution is -2.26. The Morgan fingerprint density at radius 1 is 1.09 bits per heavy atom. The van der Waals surface area contributed by atoms with Crippen LogP contribution >= 0.6 is 23.2 Å². The number of anilines is 1. The van der Waals surface area contributed by atoms with Crippen LogP contribution in [-0.2, 0) is 27.2 Å². The highest BCUT2D eigenvalue weighted by Gasteiger charge is 2.21. The molecule has 0 atom stereocenters. The van der Waals surface area contributed by atoms with Gasteiger partial charge in [-0.3, -0.25) is 19.0 Å². The molecular formula is C22H20Cl2N6O4. The number of ether oxygens (including phenoxy) is 1. The Hall–Kier alpha value is -3.76. The predicted molar refractivity (Wildman–Crippen MR) is 125 cm³/mol. The highest BCUT2D eigenvalue weighted by atomic mass is 35.5. The van der Waals surface area contributed by atoms with Crippen molar-refractivity contribution in [2.75, 3.05) is 5.32 Å². The van der Waals surface area contributed by atoms with E-state index >= 15 is 0 Å². The minimum Gasteiger partial charge on any atom is -0.484 e. The maximum Gasteiger partial charge on any atom is 0.291 e. The van der Waals surface area contributed by atoms with Crippen LogP contribution in [0.5, 0.6) is 5.75 Å². The molecule has 12 heteroatoms. The Balaban J connectivity index is 1.39. The van der Waals surface area contributed by atoms with Gasteiger partial charge in [0.25, 0.3) is 11.8 Å². The lowest BCUT2D eigenvalue weighted by atomic mass is 10.3. The molecule has 4 rings (SSSR count). The predicted octanol–water partition coefficient (Wildman–Crippen LogP) is 3.81. The SMILES string of the molecule is Cn1cc(CNC(=O)c2c(NC(=O)c3ccc(COc4cccc(Cl)c4Cl)o3)cnn2C)cn1. The van der Waals surface area contributed by atoms with Crippen LogP contribution in [0.1, 0.15) is 32.4 Å². The van der Waals surface area contributed by atoms with E-state index in [1.165, 1.54) is 16.9 Å². The van der Waals surface area contributed by atoms with E-state index in [4.69, 9.17) is 32.4 Å². The van der Waals surface area contributed by atoms with Crippen LogP contribution in [0.25, 0.3) is 0 Å². The van der Waals surface area contributed by atoms with Crippen molar-refractivity contribution in [3.05, 3.63) is 81.7 Å². The van der Waals surface area contributed by atoms with E-state index in [9.17, 15) is 9.59 Å². The molecule has 0 unspecified atom stereocenters. The van der Waals surface area contributed by atoms with Crippen LogP contribution in [-0.4, -0.2) is 31.4 Å². The van der Waals surface area contributed by atoms with E-state index in [1.807, 2.05) is 0 Å². The second kappa shape index (κ2) is 10.0. The number of nitrogens with zero attached hydrogens (tertiary/aromatic N) is 4. The van der Waals surface area contributed by atoms with Crippen LogP contribution in [0.3, 0.4) is 0 Å². The first-order valence-corrected chi connectivity index (χ1v) is 10.8. The van der Waals surface area contributed by atoms with Crippen LogP contribution < -0.4 is 15.4 Å². The summed E-state index contributed by atoms with van der Waals surface area (Å²) in [6.45, 7) is 0.325. The van der Waals surface area contributed by atoms with E-state index in [2.05, 4.69) is 20.8 Å². The first-order chi connectivity index (χ1) is 16.3. The zero-order valence-electron chi connectivity index (χ0n) is 18.2. The fraction of sp³-hybridized carbons (Fsp3) is 0.182. The van der Waals surface area contributed by atoms with Gasteiger partial charge in [0.1, 0.15) is 28.8 Å². The van der Waals surface area contributed by atoms with E-state index in [0.29, 0.717) is 21.6 Å². The molecular weight excluding hydrogens is 483 g/mol. The van der Waals surface area contributed by atoms with Crippen molar-refractivity contribution >= 4 is 40.7 Å². The van der Waals surface area contributed by atoms with Crippen molar-refractivity contribution in [1.82, 2.24) is 24.9 Å². The van der Waals surface area contributed by atoms with Gasteiger partial charge in [-0.15, -0.1) is 0 Å². The highest BCUT2D eigenvalue weighted by Crippen LogP contribution is 2.32. The molecule has 0 bridgehead atoms. The number of hydrogen-bond acceptors (Lipinski definition) is 6. The number of benzene rings is 1. The number of rotatable bonds is 8. The number of amides is 2. The number of nitrogens with one attached hydrogen (secondary N) is 2. The molecule has 2 N–H and O–H groups in total. The fourth-order valence-electron chi connectivity index (χ4n) is 3.13. The average Bonchev–Trinajstić information content (AvgIpc) is 3.54. The molecule has 0 fully saturated rings. The summed E-state index contributed by atoms with van der Waals surface area (Å²) < 4.78 is 14.2. The van der Waals surface area contributed by atoms with Crippen LogP contribution in [0.4, 0.5) is 5.69 Å². The normalized spacial score (nSPS) is 10.8. The molecule has 34 heavy (non-hydrogen) atoms. The number of carbonyl (C=O) groups excluding carboxylic acids is 2. The Morgan fingerprint density at radius 3 is 2.68 bits per heavy atom. The summed E-state index contributed by atoms with van der Waals surface area (Å²) in [5.74, 6) is -0.0931. The summed E-state index contributed by atoms with van der Waals surface area (Å²) in [5, 5.41) is 14.3. The molecule has 1 aromatic carbocycles. The molecule has 4 aromatic rings. The lowest BCUT2D eigenvalue weighted by Gasteiger charge is -2.08. The maximum absolute atomic E-state index is 12.7. The monoisotopic (exact) mass is 502 g/mol. The highest BCUT2D eigenvalue weighted by molar-refractivity contribution is 6.42. The smallest absolute Gasteiger partial charge is 0.291 e. The van der Waals surface area contributed by atoms with Gasteiger partial charge in [-0.25, -0.2) is 0 Å². The second-order valence-corrected chi connectivity index (χ2v) is 8.08. The van der Waals surface area contributed by atoms with Gasteiger partial charge in [-0.05, 0) is 24.3 Å². The number of aromatic nitrogens is 4. The molecule has 176 valence electrons. The first kappa shape index (κ1) is 23.4. The van der Waals surface area contributed by atoms with Gasteiger partial charge in [0.15, 0.2) is 5.76 Å². The molecule has 0 spiro atoms. The van der Waals surface area contributed by atoms with Crippen LogP contribution in [0.2, 0.25) is 10.0 Å². The summed E-state index contributed by atoms with van der Waals surface area (Å²) >= 11 is 12.1. The van der Waals surface area contributed by atoms with Crippen LogP contribution in [0, 0.1) is 0 Å². The largest absolute Gasteiger partial charge is 0.484 e. The summed E-state index contributed by atoms with van der Waals surface area (Å²) in [6, 6.07) is 8.15. The summed E-state index contributed by atoms with van der Waals surface area (Å²) in [7, 11) is 3.40. The Labute approximate surface area is 204 Å². The zero-order valence-corrected chi connectivity index (χ0v) is 19.7. The third-order valence-electron chi connectivity index (χ3n) is 4.79. The fourth-order valence-corrected chi connectivity index (χ4v) is 3.48. The average molecular weight is 503 g/mol. The van der Waals surface area contributed by atoms with E-state index in [0.717, 1.165) is 5.56 Å². The van der Waals surface area contributed by atoms with Gasteiger partial charge < -0.3 is 19.8 Å². The molecule has 2 amide bonds. The van der Waals surface area contributed by atoms with Gasteiger partial charge in [0.2, 0.25) is 0 Å². The van der Waals surface area contributed by atoms with E-state index in [1.54, 1.807) is 55.4 Å². The minimum absolute atomic E-state index is 0.0429. The van der Waals surface area contributed by atoms with Crippen molar-refractivity contribution in [3.8, 4) is 5.75 Å². The molecule has 0 aliphatic rings. The molecule has 0 aliphatic carbocycles. The number of furan rings is 1. The molecule has 0 saturated carbocycles. The standard InChI is InChI=1S/C22H20Cl2N6O4/c1-29-11-13(9-26-29)8-25-22(32)20-16(10-27-30(20)2)28-21(31)18-7-6-14(34-18)12-33-17-5-3-4-15(23)19(17)24/h3-7,9-11H,8,12H2,1-2H3,(H,25,32)(H,28,31). The number of carbonyl (C=O) groups is 2. The van der Waals surface area contributed by atoms with Gasteiger partial charge in [0, 0.05) is 32.4 Å². The third-order valence-corrected chi connectivity index (χ3v) is 5.59. The summed E-state index contributed by atoms with van der Waals surface area (Å²) in [5.41, 5.74) is 1.28. The summed E-state index contributed by atoms with van der Waals surface area (Å²) in [4.78, 5) is 25.4. The lowest BCUT2D eigenvalue weighted by molar-refractivity contribution is 0.0942. The van der Waals surface area contributed by atoms with E-state index in [-0.39, 0.29) is 30.3 Å². The molecule has 0 radical (unpaired) electrons. The van der Waals surface area contributed by atoms with Gasteiger partial charge >= 0.3 is 0 Å². The molecule has 3 aromatic heterocycles. The topological polar surface area (TPSA) is 116 Å². The Bertz CT molecular complexity index is 1340. The van der Waals surface area contributed by atoms with Crippen molar-refractivity contribution in [2.24, 2.45) is 14.1 Å².